The van der Waals surface area contributed by atoms with E-state index >= 15 is 0 Å². The Balaban J connectivity index is 0.000000170. The van der Waals surface area contributed by atoms with Crippen molar-refractivity contribution in [3.8, 4) is 0 Å². The van der Waals surface area contributed by atoms with Crippen LogP contribution in [0.25, 0.3) is 21.5 Å². The number of hydrogen-bond donors (Lipinski definition) is 0. The SMILES string of the molecule is CC(C)(C)c1ccc2c(c1)[cH-]c1cc(C(C)(C)C)ccc12.CC1[C-]=CC(C(C)(C)C)=C1.Cc1ccc([C](=[Zr+2])c2ccc(C)cc2)cc1. The van der Waals surface area contributed by atoms with Gasteiger partial charge in [-0.15, -0.1) is 39.7 Å². The van der Waals surface area contributed by atoms with E-state index in [4.69, 9.17) is 0 Å². The van der Waals surface area contributed by atoms with Gasteiger partial charge >= 0.3 is 112 Å². The molecule has 1 atom stereocenters. The first kappa shape index (κ1) is 36.8. The molecule has 0 N–H and O–H groups in total. The number of allylic oxidation sites excluding steroid dienone is 4. The summed E-state index contributed by atoms with van der Waals surface area (Å²) in [6, 6.07) is 33.7. The maximum absolute atomic E-state index is 3.26. The van der Waals surface area contributed by atoms with Gasteiger partial charge in [0.2, 0.25) is 0 Å². The van der Waals surface area contributed by atoms with E-state index in [0.29, 0.717) is 11.3 Å². The fourth-order valence-electron chi connectivity index (χ4n) is 5.62. The van der Waals surface area contributed by atoms with Crippen molar-refractivity contribution < 1.29 is 24.2 Å². The first-order valence-corrected chi connectivity index (χ1v) is 18.2. The first-order valence-electron chi connectivity index (χ1n) is 17.0. The zero-order valence-corrected chi connectivity index (χ0v) is 33.4. The number of aryl methyl sites for hydroxylation is 2. The Kier molecular flexibility index (Phi) is 11.5. The monoisotopic (exact) mass is 696 g/mol. The molecule has 0 saturated carbocycles. The third-order valence-electron chi connectivity index (χ3n) is 8.91. The number of rotatable bonds is 2. The number of hydrogen-bond acceptors (Lipinski definition) is 0. The van der Waals surface area contributed by atoms with Crippen LogP contribution in [0.1, 0.15) is 103 Å². The van der Waals surface area contributed by atoms with E-state index in [1.165, 1.54) is 87.9 Å². The van der Waals surface area contributed by atoms with Crippen LogP contribution in [0.2, 0.25) is 0 Å². The molecule has 0 heterocycles. The molecule has 0 fully saturated rings. The molecule has 47 heavy (non-hydrogen) atoms. The first-order chi connectivity index (χ1) is 21.8. The summed E-state index contributed by atoms with van der Waals surface area (Å²) in [6.45, 7) is 26.7. The van der Waals surface area contributed by atoms with E-state index in [0.717, 1.165) is 0 Å². The van der Waals surface area contributed by atoms with Crippen LogP contribution < -0.4 is 0 Å². The van der Waals surface area contributed by atoms with Crippen LogP contribution >= 0.6 is 0 Å². The Morgan fingerprint density at radius 1 is 0.596 bits per heavy atom. The molecule has 1 aliphatic carbocycles. The average Bonchev–Trinajstić information content (AvgIpc) is 3.60. The van der Waals surface area contributed by atoms with Crippen LogP contribution in [0, 0.1) is 31.3 Å². The van der Waals surface area contributed by atoms with E-state index in [2.05, 4.69) is 192 Å². The van der Waals surface area contributed by atoms with Gasteiger partial charge in [-0.05, 0) is 10.8 Å². The Bertz CT molecular complexity index is 1770. The molecule has 5 aromatic rings. The van der Waals surface area contributed by atoms with Gasteiger partial charge in [0.05, 0.1) is 0 Å². The van der Waals surface area contributed by atoms with Crippen molar-refractivity contribution in [1.29, 1.82) is 0 Å². The molecule has 0 saturated heterocycles. The second-order valence-corrected chi connectivity index (χ2v) is 17.6. The molecule has 0 aromatic heterocycles. The van der Waals surface area contributed by atoms with E-state index in [1.54, 1.807) is 0 Å². The Morgan fingerprint density at radius 2 is 1.00 bits per heavy atom. The molecule has 0 bridgehead atoms. The molecular weight excluding hydrogens is 644 g/mol. The summed E-state index contributed by atoms with van der Waals surface area (Å²) in [6.07, 6.45) is 7.65. The van der Waals surface area contributed by atoms with E-state index in [9.17, 15) is 0 Å². The minimum absolute atomic E-state index is 0.203. The second kappa shape index (κ2) is 14.6. The third kappa shape index (κ3) is 9.77. The van der Waals surface area contributed by atoms with Crippen molar-refractivity contribution in [2.45, 2.75) is 93.9 Å². The molecular formula is C46H54Zr. The number of benzene rings is 4. The van der Waals surface area contributed by atoms with Crippen molar-refractivity contribution in [1.82, 2.24) is 0 Å². The summed E-state index contributed by atoms with van der Waals surface area (Å²) in [4.78, 5) is 0. The van der Waals surface area contributed by atoms with Crippen molar-refractivity contribution in [2.24, 2.45) is 11.3 Å². The Hall–Kier alpha value is -3.02. The van der Waals surface area contributed by atoms with Gasteiger partial charge in [-0.3, -0.25) is 6.08 Å². The standard InChI is InChI=1S/C21H25.C15H14.C10H15.Zr/c1-20(2,3)16-7-9-18-14(12-16)11-15-13-17(21(4,5)6)8-10-19(15)18;1-12-3-7-14(8-4-12)11-15-9-5-13(2)6-10-15;1-8-5-6-9(7-8)10(2,3)4;/h7-13H,1-6H3;3-10H,1-2H3;6-8H,1-4H3;/q-1;;-1;+2. The van der Waals surface area contributed by atoms with Crippen LogP contribution in [-0.2, 0) is 35.1 Å². The molecule has 0 nitrogen and oxygen atoms in total. The molecule has 1 unspecified atom stereocenters. The second-order valence-electron chi connectivity index (χ2n) is 16.3. The summed E-state index contributed by atoms with van der Waals surface area (Å²) >= 11 is 1.46. The molecule has 5 aromatic carbocycles. The van der Waals surface area contributed by atoms with Crippen molar-refractivity contribution >= 4 is 24.8 Å². The summed E-state index contributed by atoms with van der Waals surface area (Å²) in [7, 11) is 0. The van der Waals surface area contributed by atoms with Gasteiger partial charge in [0.25, 0.3) is 0 Å². The fraction of sp³-hybridized carbons (Fsp3) is 0.348. The Morgan fingerprint density at radius 3 is 1.30 bits per heavy atom. The van der Waals surface area contributed by atoms with Crippen molar-refractivity contribution in [3.05, 3.63) is 148 Å². The fourth-order valence-corrected chi connectivity index (χ4v) is 6.44. The van der Waals surface area contributed by atoms with E-state index in [1.807, 2.05) is 0 Å². The van der Waals surface area contributed by atoms with Crippen molar-refractivity contribution in [2.75, 3.05) is 0 Å². The van der Waals surface area contributed by atoms with Gasteiger partial charge < -0.3 is 0 Å². The molecule has 0 spiro atoms. The molecule has 1 heteroatoms. The third-order valence-corrected chi connectivity index (χ3v) is 10.3. The molecule has 0 amide bonds. The van der Waals surface area contributed by atoms with E-state index < -0.39 is 0 Å². The van der Waals surface area contributed by atoms with Crippen molar-refractivity contribution in [3.63, 3.8) is 0 Å². The van der Waals surface area contributed by atoms with Gasteiger partial charge in [0.1, 0.15) is 0 Å². The summed E-state index contributed by atoms with van der Waals surface area (Å²) in [5, 5.41) is 5.48. The molecule has 0 radical (unpaired) electrons. The molecule has 242 valence electrons. The minimum atomic E-state index is 0.203. The normalized spacial score (nSPS) is 14.8. The van der Waals surface area contributed by atoms with Crippen LogP contribution in [0.3, 0.4) is 0 Å². The maximum atomic E-state index is 3.26. The molecule has 0 aliphatic heterocycles. The topological polar surface area (TPSA) is 0 Å². The Labute approximate surface area is 300 Å². The summed E-state index contributed by atoms with van der Waals surface area (Å²) < 4.78 is 1.42. The van der Waals surface area contributed by atoms with Gasteiger partial charge in [0.15, 0.2) is 0 Å². The molecule has 6 rings (SSSR count). The van der Waals surface area contributed by atoms with E-state index in [-0.39, 0.29) is 10.8 Å². The predicted octanol–water partition coefficient (Wildman–Crippen LogP) is 12.7. The number of fused-ring (bicyclic) bond motifs is 3. The quantitative estimate of drug-likeness (QED) is 0.161. The summed E-state index contributed by atoms with van der Waals surface area (Å²) in [5.74, 6) is 0.522. The van der Waals surface area contributed by atoms with Crippen LogP contribution in [0.15, 0.2) is 109 Å². The zero-order valence-electron chi connectivity index (χ0n) is 30.9. The van der Waals surface area contributed by atoms with Gasteiger partial charge in [-0.1, -0.05) is 116 Å². The zero-order chi connectivity index (χ0) is 34.7. The summed E-state index contributed by atoms with van der Waals surface area (Å²) in [5.41, 5.74) is 10.2. The van der Waals surface area contributed by atoms with Gasteiger partial charge in [-0.25, -0.2) is 6.08 Å². The van der Waals surface area contributed by atoms with Gasteiger partial charge in [-0.2, -0.15) is 11.6 Å². The van der Waals surface area contributed by atoms with Gasteiger partial charge in [0, 0.05) is 0 Å². The van der Waals surface area contributed by atoms with Crippen LogP contribution in [-0.4, -0.2) is 3.21 Å². The molecule has 1 aliphatic rings. The predicted molar refractivity (Wildman–Crippen MR) is 205 cm³/mol. The average molecular weight is 698 g/mol. The van der Waals surface area contributed by atoms with Crippen LogP contribution in [0.4, 0.5) is 0 Å². The van der Waals surface area contributed by atoms with Crippen LogP contribution in [0.5, 0.6) is 0 Å².